The lowest BCUT2D eigenvalue weighted by molar-refractivity contribution is -0.121. The summed E-state index contributed by atoms with van der Waals surface area (Å²) >= 11 is 6.12. The van der Waals surface area contributed by atoms with Gasteiger partial charge in [-0.05, 0) is 36.8 Å². The van der Waals surface area contributed by atoms with Gasteiger partial charge in [0.2, 0.25) is 5.91 Å². The third-order valence-electron chi connectivity index (χ3n) is 4.28. The molecule has 136 valence electrons. The Morgan fingerprint density at radius 2 is 1.81 bits per heavy atom. The lowest BCUT2D eigenvalue weighted by Gasteiger charge is -2.18. The fourth-order valence-corrected chi connectivity index (χ4v) is 3.04. The van der Waals surface area contributed by atoms with Gasteiger partial charge in [-0.15, -0.1) is 0 Å². The normalized spacial score (nSPS) is 16.8. The highest BCUT2D eigenvalue weighted by Crippen LogP contribution is 2.34. The lowest BCUT2D eigenvalue weighted by atomic mass is 10.2. The third-order valence-corrected chi connectivity index (χ3v) is 4.69. The van der Waals surface area contributed by atoms with Crippen molar-refractivity contribution >= 4 is 34.8 Å². The third kappa shape index (κ3) is 3.32. The summed E-state index contributed by atoms with van der Waals surface area (Å²) in [5.74, 6) is 0.378. The number of nitrogens with one attached hydrogen (secondary N) is 1. The molecule has 2 aromatic rings. The highest BCUT2D eigenvalue weighted by Gasteiger charge is 2.39. The predicted molar refractivity (Wildman–Crippen MR) is 100 cm³/mol. The van der Waals surface area contributed by atoms with Gasteiger partial charge >= 0.3 is 0 Å². The SMILES string of the molecule is COc1ccc(N2C(=O)C[C@H](Nc3ccc(C)c(Cl)c3)C2=O)cc1OC. The van der Waals surface area contributed by atoms with Crippen molar-refractivity contribution in [2.24, 2.45) is 0 Å². The van der Waals surface area contributed by atoms with Crippen LogP contribution in [0.5, 0.6) is 11.5 Å². The minimum Gasteiger partial charge on any atom is -0.493 e. The zero-order chi connectivity index (χ0) is 18.8. The molecule has 0 aromatic heterocycles. The average molecular weight is 375 g/mol. The van der Waals surface area contributed by atoms with Crippen LogP contribution >= 0.6 is 11.6 Å². The topological polar surface area (TPSA) is 67.9 Å². The summed E-state index contributed by atoms with van der Waals surface area (Å²) in [5, 5.41) is 3.69. The molecule has 1 heterocycles. The van der Waals surface area contributed by atoms with Crippen LogP contribution in [0.2, 0.25) is 5.02 Å². The molecule has 1 N–H and O–H groups in total. The van der Waals surface area contributed by atoms with Crippen LogP contribution in [-0.4, -0.2) is 32.1 Å². The van der Waals surface area contributed by atoms with E-state index in [1.165, 1.54) is 14.2 Å². The number of amides is 2. The van der Waals surface area contributed by atoms with Gasteiger partial charge in [0.25, 0.3) is 5.91 Å². The van der Waals surface area contributed by atoms with Crippen LogP contribution in [0.1, 0.15) is 12.0 Å². The smallest absolute Gasteiger partial charge is 0.256 e. The molecule has 0 spiro atoms. The molecular weight excluding hydrogens is 356 g/mol. The number of carbonyl (C=O) groups excluding carboxylic acids is 2. The molecule has 7 heteroatoms. The van der Waals surface area contributed by atoms with Gasteiger partial charge in [-0.2, -0.15) is 0 Å². The second kappa shape index (κ2) is 7.25. The van der Waals surface area contributed by atoms with Crippen molar-refractivity contribution in [3.05, 3.63) is 47.0 Å². The maximum Gasteiger partial charge on any atom is 0.256 e. The van der Waals surface area contributed by atoms with Gasteiger partial charge in [-0.1, -0.05) is 17.7 Å². The zero-order valence-electron chi connectivity index (χ0n) is 14.7. The first-order valence-electron chi connectivity index (χ1n) is 8.06. The van der Waals surface area contributed by atoms with E-state index in [9.17, 15) is 9.59 Å². The molecule has 1 aliphatic rings. The minimum atomic E-state index is -0.644. The Bertz CT molecular complexity index is 869. The highest BCUT2D eigenvalue weighted by molar-refractivity contribution is 6.31. The van der Waals surface area contributed by atoms with E-state index in [4.69, 9.17) is 21.1 Å². The standard InChI is InChI=1S/C19H19ClN2O4/c1-11-4-5-12(8-14(11)20)21-15-10-18(23)22(19(15)24)13-6-7-16(25-2)17(9-13)26-3/h4-9,15,21H,10H2,1-3H3/t15-/m0/s1. The Morgan fingerprint density at radius 3 is 2.46 bits per heavy atom. The first-order valence-corrected chi connectivity index (χ1v) is 8.44. The van der Waals surface area contributed by atoms with Gasteiger partial charge in [0.1, 0.15) is 6.04 Å². The number of aryl methyl sites for hydroxylation is 1. The number of benzene rings is 2. The Labute approximate surface area is 156 Å². The molecule has 2 aromatic carbocycles. The summed E-state index contributed by atoms with van der Waals surface area (Å²) < 4.78 is 10.4. The van der Waals surface area contributed by atoms with E-state index < -0.39 is 6.04 Å². The summed E-state index contributed by atoms with van der Waals surface area (Å²) in [6.07, 6.45) is 0.0681. The summed E-state index contributed by atoms with van der Waals surface area (Å²) in [7, 11) is 3.02. The molecule has 0 bridgehead atoms. The molecule has 1 fully saturated rings. The Morgan fingerprint density at radius 1 is 1.08 bits per heavy atom. The number of hydrogen-bond donors (Lipinski definition) is 1. The van der Waals surface area contributed by atoms with Crippen LogP contribution in [-0.2, 0) is 9.59 Å². The fraction of sp³-hybridized carbons (Fsp3) is 0.263. The van der Waals surface area contributed by atoms with Crippen LogP contribution in [0.15, 0.2) is 36.4 Å². The Balaban J connectivity index is 1.83. The molecule has 1 saturated heterocycles. The molecule has 6 nitrogen and oxygen atoms in total. The van der Waals surface area contributed by atoms with Crippen LogP contribution < -0.4 is 19.7 Å². The second-order valence-electron chi connectivity index (χ2n) is 5.97. The number of nitrogens with zero attached hydrogens (tertiary/aromatic N) is 1. The van der Waals surface area contributed by atoms with E-state index in [1.807, 2.05) is 19.1 Å². The fourth-order valence-electron chi connectivity index (χ4n) is 2.86. The van der Waals surface area contributed by atoms with Crippen LogP contribution in [0, 0.1) is 6.92 Å². The summed E-state index contributed by atoms with van der Waals surface area (Å²) in [5.41, 5.74) is 2.09. The van der Waals surface area contributed by atoms with Crippen molar-refractivity contribution < 1.29 is 19.1 Å². The Hall–Kier alpha value is -2.73. The van der Waals surface area contributed by atoms with E-state index in [0.29, 0.717) is 27.9 Å². The zero-order valence-corrected chi connectivity index (χ0v) is 15.5. The first-order chi connectivity index (χ1) is 12.4. The second-order valence-corrected chi connectivity index (χ2v) is 6.38. The van der Waals surface area contributed by atoms with Crippen molar-refractivity contribution in [3.8, 4) is 11.5 Å². The van der Waals surface area contributed by atoms with Crippen molar-refractivity contribution in [3.63, 3.8) is 0 Å². The predicted octanol–water partition coefficient (Wildman–Crippen LogP) is 3.41. The number of methoxy groups -OCH3 is 2. The summed E-state index contributed by atoms with van der Waals surface area (Å²) in [6, 6.07) is 9.72. The molecule has 0 radical (unpaired) electrons. The maximum absolute atomic E-state index is 12.8. The van der Waals surface area contributed by atoms with E-state index in [-0.39, 0.29) is 18.2 Å². The molecule has 1 aliphatic heterocycles. The number of imide groups is 1. The molecule has 0 unspecified atom stereocenters. The molecule has 3 rings (SSSR count). The van der Waals surface area contributed by atoms with Crippen molar-refractivity contribution in [1.29, 1.82) is 0 Å². The monoisotopic (exact) mass is 374 g/mol. The van der Waals surface area contributed by atoms with Crippen LogP contribution in [0.3, 0.4) is 0 Å². The molecule has 26 heavy (non-hydrogen) atoms. The van der Waals surface area contributed by atoms with Crippen molar-refractivity contribution in [2.75, 3.05) is 24.4 Å². The van der Waals surface area contributed by atoms with Gasteiger partial charge in [0.15, 0.2) is 11.5 Å². The summed E-state index contributed by atoms with van der Waals surface area (Å²) in [4.78, 5) is 26.4. The maximum atomic E-state index is 12.8. The van der Waals surface area contributed by atoms with Gasteiger partial charge in [-0.25, -0.2) is 4.90 Å². The highest BCUT2D eigenvalue weighted by atomic mass is 35.5. The molecule has 0 saturated carbocycles. The van der Waals surface area contributed by atoms with Crippen LogP contribution in [0.25, 0.3) is 0 Å². The van der Waals surface area contributed by atoms with E-state index in [2.05, 4.69) is 5.32 Å². The Kier molecular flexibility index (Phi) is 5.04. The lowest BCUT2D eigenvalue weighted by Crippen LogP contribution is -2.34. The van der Waals surface area contributed by atoms with E-state index in [1.54, 1.807) is 24.3 Å². The van der Waals surface area contributed by atoms with E-state index in [0.717, 1.165) is 10.5 Å². The average Bonchev–Trinajstić information content (AvgIpc) is 2.91. The minimum absolute atomic E-state index is 0.0681. The number of ether oxygens (including phenoxy) is 2. The van der Waals surface area contributed by atoms with E-state index >= 15 is 0 Å². The van der Waals surface area contributed by atoms with Gasteiger partial charge in [0, 0.05) is 16.8 Å². The van der Waals surface area contributed by atoms with Gasteiger partial charge in [-0.3, -0.25) is 9.59 Å². The summed E-state index contributed by atoms with van der Waals surface area (Å²) in [6.45, 7) is 1.90. The quantitative estimate of drug-likeness (QED) is 0.812. The molecule has 1 atom stereocenters. The number of carbonyl (C=O) groups is 2. The first kappa shape index (κ1) is 18.1. The number of halogens is 1. The molecule has 2 amide bonds. The van der Waals surface area contributed by atoms with Crippen molar-refractivity contribution in [2.45, 2.75) is 19.4 Å². The molecular formula is C19H19ClN2O4. The molecule has 0 aliphatic carbocycles. The van der Waals surface area contributed by atoms with Crippen LogP contribution in [0.4, 0.5) is 11.4 Å². The largest absolute Gasteiger partial charge is 0.493 e. The van der Waals surface area contributed by atoms with Gasteiger partial charge in [0.05, 0.1) is 26.3 Å². The number of hydrogen-bond acceptors (Lipinski definition) is 5. The van der Waals surface area contributed by atoms with Crippen molar-refractivity contribution in [1.82, 2.24) is 0 Å². The number of anilines is 2. The number of rotatable bonds is 5. The van der Waals surface area contributed by atoms with Gasteiger partial charge < -0.3 is 14.8 Å².